The Bertz CT molecular complexity index is 519. The Kier molecular flexibility index (Phi) is 5.19. The SMILES string of the molecule is NCC(Cc1cc(F)c(F)cc1F)C(=O)N1CCOCC1. The number of amides is 1. The van der Waals surface area contributed by atoms with Gasteiger partial charge in [0.15, 0.2) is 11.6 Å². The third-order valence-electron chi connectivity index (χ3n) is 3.51. The van der Waals surface area contributed by atoms with Crippen molar-refractivity contribution in [1.29, 1.82) is 0 Å². The molecule has 1 heterocycles. The maximum Gasteiger partial charge on any atom is 0.227 e. The van der Waals surface area contributed by atoms with Gasteiger partial charge in [0.1, 0.15) is 5.82 Å². The number of halogens is 3. The van der Waals surface area contributed by atoms with E-state index in [9.17, 15) is 18.0 Å². The second kappa shape index (κ2) is 6.91. The fourth-order valence-electron chi connectivity index (χ4n) is 2.30. The van der Waals surface area contributed by atoms with Crippen LogP contribution >= 0.6 is 0 Å². The van der Waals surface area contributed by atoms with Crippen molar-refractivity contribution in [2.24, 2.45) is 11.7 Å². The van der Waals surface area contributed by atoms with Crippen molar-refractivity contribution < 1.29 is 22.7 Å². The molecule has 116 valence electrons. The molecule has 4 nitrogen and oxygen atoms in total. The van der Waals surface area contributed by atoms with E-state index in [1.807, 2.05) is 0 Å². The highest BCUT2D eigenvalue weighted by atomic mass is 19.2. The van der Waals surface area contributed by atoms with Crippen LogP contribution in [0.25, 0.3) is 0 Å². The van der Waals surface area contributed by atoms with Gasteiger partial charge >= 0.3 is 0 Å². The number of hydrogen-bond donors (Lipinski definition) is 1. The van der Waals surface area contributed by atoms with Crippen LogP contribution in [-0.4, -0.2) is 43.7 Å². The molecule has 2 N–H and O–H groups in total. The van der Waals surface area contributed by atoms with Crippen molar-refractivity contribution >= 4 is 5.91 Å². The molecule has 1 aromatic rings. The van der Waals surface area contributed by atoms with Crippen molar-refractivity contribution in [2.45, 2.75) is 6.42 Å². The normalized spacial score (nSPS) is 16.9. The van der Waals surface area contributed by atoms with Gasteiger partial charge in [0, 0.05) is 25.7 Å². The van der Waals surface area contributed by atoms with E-state index in [2.05, 4.69) is 0 Å². The van der Waals surface area contributed by atoms with Gasteiger partial charge in [-0.25, -0.2) is 13.2 Å². The Morgan fingerprint density at radius 3 is 2.43 bits per heavy atom. The highest BCUT2D eigenvalue weighted by Gasteiger charge is 2.26. The molecule has 1 fully saturated rings. The topological polar surface area (TPSA) is 55.6 Å². The molecule has 1 amide bonds. The molecule has 1 aliphatic rings. The van der Waals surface area contributed by atoms with E-state index in [-0.39, 0.29) is 24.4 Å². The lowest BCUT2D eigenvalue weighted by Crippen LogP contribution is -2.46. The Morgan fingerprint density at radius 1 is 1.19 bits per heavy atom. The summed E-state index contributed by atoms with van der Waals surface area (Å²) in [6.07, 6.45) is -0.0598. The minimum Gasteiger partial charge on any atom is -0.378 e. The Labute approximate surface area is 120 Å². The third kappa shape index (κ3) is 3.74. The number of carbonyl (C=O) groups is 1. The first-order valence-electron chi connectivity index (χ1n) is 6.73. The second-order valence-corrected chi connectivity index (χ2v) is 4.93. The first-order chi connectivity index (χ1) is 10.0. The van der Waals surface area contributed by atoms with Crippen LogP contribution in [-0.2, 0) is 16.0 Å². The van der Waals surface area contributed by atoms with Crippen LogP contribution in [0.1, 0.15) is 5.56 Å². The van der Waals surface area contributed by atoms with Gasteiger partial charge in [0.05, 0.1) is 19.1 Å². The summed E-state index contributed by atoms with van der Waals surface area (Å²) in [6, 6.07) is 1.26. The molecule has 1 saturated heterocycles. The van der Waals surface area contributed by atoms with E-state index in [4.69, 9.17) is 10.5 Å². The molecule has 1 atom stereocenters. The van der Waals surface area contributed by atoms with E-state index in [0.717, 1.165) is 6.07 Å². The van der Waals surface area contributed by atoms with Crippen LogP contribution in [0.15, 0.2) is 12.1 Å². The number of rotatable bonds is 4. The van der Waals surface area contributed by atoms with Gasteiger partial charge in [0.2, 0.25) is 5.91 Å². The number of nitrogens with two attached hydrogens (primary N) is 1. The van der Waals surface area contributed by atoms with Crippen LogP contribution in [0.2, 0.25) is 0 Å². The van der Waals surface area contributed by atoms with Crippen LogP contribution in [0, 0.1) is 23.4 Å². The molecule has 1 aromatic carbocycles. The molecule has 1 unspecified atom stereocenters. The van der Waals surface area contributed by atoms with E-state index in [1.165, 1.54) is 0 Å². The zero-order chi connectivity index (χ0) is 15.4. The third-order valence-corrected chi connectivity index (χ3v) is 3.51. The number of hydrogen-bond acceptors (Lipinski definition) is 3. The van der Waals surface area contributed by atoms with E-state index in [0.29, 0.717) is 32.4 Å². The first-order valence-corrected chi connectivity index (χ1v) is 6.73. The van der Waals surface area contributed by atoms with Crippen molar-refractivity contribution in [3.8, 4) is 0 Å². The second-order valence-electron chi connectivity index (χ2n) is 4.93. The maximum absolute atomic E-state index is 13.6. The van der Waals surface area contributed by atoms with Crippen LogP contribution in [0.5, 0.6) is 0 Å². The van der Waals surface area contributed by atoms with Crippen LogP contribution < -0.4 is 5.73 Å². The Balaban J connectivity index is 2.11. The molecule has 7 heteroatoms. The molecule has 0 radical (unpaired) electrons. The summed E-state index contributed by atoms with van der Waals surface area (Å²) >= 11 is 0. The molecule has 0 aliphatic carbocycles. The van der Waals surface area contributed by atoms with Gasteiger partial charge < -0.3 is 15.4 Å². The Hall–Kier alpha value is -1.60. The highest BCUT2D eigenvalue weighted by molar-refractivity contribution is 5.79. The standard InChI is InChI=1S/C14H17F3N2O2/c15-11-7-13(17)12(16)6-9(11)5-10(8-18)14(20)19-1-3-21-4-2-19/h6-7,10H,1-5,8,18H2. The highest BCUT2D eigenvalue weighted by Crippen LogP contribution is 2.18. The first kappa shape index (κ1) is 15.8. The van der Waals surface area contributed by atoms with Crippen LogP contribution in [0.3, 0.4) is 0 Å². The lowest BCUT2D eigenvalue weighted by molar-refractivity contribution is -0.139. The summed E-state index contributed by atoms with van der Waals surface area (Å²) in [5, 5.41) is 0. The molecular weight excluding hydrogens is 285 g/mol. The number of benzene rings is 1. The number of morpholine rings is 1. The number of ether oxygens (including phenoxy) is 1. The fourth-order valence-corrected chi connectivity index (χ4v) is 2.30. The summed E-state index contributed by atoms with van der Waals surface area (Å²) in [5.74, 6) is -4.14. The van der Waals surface area contributed by atoms with Crippen LogP contribution in [0.4, 0.5) is 13.2 Å². The largest absolute Gasteiger partial charge is 0.378 e. The summed E-state index contributed by atoms with van der Waals surface area (Å²) in [4.78, 5) is 13.9. The molecule has 2 rings (SSSR count). The Morgan fingerprint density at radius 2 is 1.81 bits per heavy atom. The van der Waals surface area contributed by atoms with Gasteiger partial charge in [-0.15, -0.1) is 0 Å². The zero-order valence-electron chi connectivity index (χ0n) is 11.4. The van der Waals surface area contributed by atoms with Gasteiger partial charge in [-0.05, 0) is 18.1 Å². The average Bonchev–Trinajstić information content (AvgIpc) is 2.50. The summed E-state index contributed by atoms with van der Waals surface area (Å²) < 4.78 is 44.9. The average molecular weight is 302 g/mol. The summed E-state index contributed by atoms with van der Waals surface area (Å²) in [6.45, 7) is 1.81. The zero-order valence-corrected chi connectivity index (χ0v) is 11.4. The minimum atomic E-state index is -1.25. The number of carbonyl (C=O) groups excluding carboxylic acids is 1. The van der Waals surface area contributed by atoms with Gasteiger partial charge in [-0.3, -0.25) is 4.79 Å². The lowest BCUT2D eigenvalue weighted by atomic mass is 9.97. The smallest absolute Gasteiger partial charge is 0.227 e. The fraction of sp³-hybridized carbons (Fsp3) is 0.500. The molecular formula is C14H17F3N2O2. The van der Waals surface area contributed by atoms with Gasteiger partial charge in [0.25, 0.3) is 0 Å². The van der Waals surface area contributed by atoms with E-state index >= 15 is 0 Å². The summed E-state index contributed by atoms with van der Waals surface area (Å²) in [5.41, 5.74) is 5.53. The van der Waals surface area contributed by atoms with Crippen molar-refractivity contribution in [1.82, 2.24) is 4.90 Å². The molecule has 0 spiro atoms. The molecule has 0 aromatic heterocycles. The molecule has 1 aliphatic heterocycles. The van der Waals surface area contributed by atoms with E-state index < -0.39 is 23.4 Å². The predicted octanol–water partition coefficient (Wildman–Crippen LogP) is 1.08. The van der Waals surface area contributed by atoms with Gasteiger partial charge in [-0.1, -0.05) is 0 Å². The molecule has 21 heavy (non-hydrogen) atoms. The number of nitrogens with zero attached hydrogens (tertiary/aromatic N) is 1. The monoisotopic (exact) mass is 302 g/mol. The minimum absolute atomic E-state index is 0.00856. The molecule has 0 bridgehead atoms. The van der Waals surface area contributed by atoms with E-state index in [1.54, 1.807) is 4.90 Å². The van der Waals surface area contributed by atoms with Crippen molar-refractivity contribution in [3.63, 3.8) is 0 Å². The van der Waals surface area contributed by atoms with Crippen molar-refractivity contribution in [3.05, 3.63) is 35.1 Å². The van der Waals surface area contributed by atoms with Crippen molar-refractivity contribution in [2.75, 3.05) is 32.8 Å². The molecule has 0 saturated carbocycles. The maximum atomic E-state index is 13.6. The lowest BCUT2D eigenvalue weighted by Gasteiger charge is -2.30. The van der Waals surface area contributed by atoms with Gasteiger partial charge in [-0.2, -0.15) is 0 Å². The summed E-state index contributed by atoms with van der Waals surface area (Å²) in [7, 11) is 0. The quantitative estimate of drug-likeness (QED) is 0.847. The predicted molar refractivity (Wildman–Crippen MR) is 70.0 cm³/mol.